The number of rotatable bonds is 5. The topological polar surface area (TPSA) is 67.6 Å². The lowest BCUT2D eigenvalue weighted by molar-refractivity contribution is -0.171. The fourth-order valence-corrected chi connectivity index (χ4v) is 3.81. The molecule has 3 atom stereocenters. The highest BCUT2D eigenvalue weighted by molar-refractivity contribution is 5.89. The molecule has 0 aromatic carbocycles. The Bertz CT molecular complexity index is 432. The number of nitrogens with two attached hydrogens (primary N) is 1. The van der Waals surface area contributed by atoms with Crippen molar-refractivity contribution in [1.82, 2.24) is 10.2 Å². The van der Waals surface area contributed by atoms with E-state index in [1.807, 2.05) is 20.8 Å². The van der Waals surface area contributed by atoms with Crippen LogP contribution < -0.4 is 11.1 Å². The fourth-order valence-electron chi connectivity index (χ4n) is 3.81. The maximum atomic E-state index is 12.7. The van der Waals surface area contributed by atoms with Crippen molar-refractivity contribution < 1.29 is 9.53 Å². The maximum absolute atomic E-state index is 12.7. The van der Waals surface area contributed by atoms with Crippen LogP contribution in [0, 0.1) is 5.41 Å². The molecule has 0 bridgehead atoms. The second-order valence-corrected chi connectivity index (χ2v) is 7.53. The van der Waals surface area contributed by atoms with Crippen LogP contribution in [0.2, 0.25) is 0 Å². The Morgan fingerprint density at radius 1 is 1.30 bits per heavy atom. The van der Waals surface area contributed by atoms with Gasteiger partial charge in [0.1, 0.15) is 5.54 Å². The van der Waals surface area contributed by atoms with Crippen molar-refractivity contribution in [2.45, 2.75) is 70.2 Å². The molecule has 2 saturated carbocycles. The molecule has 1 heterocycles. The van der Waals surface area contributed by atoms with E-state index < -0.39 is 5.54 Å². The van der Waals surface area contributed by atoms with Gasteiger partial charge in [-0.05, 0) is 26.2 Å². The van der Waals surface area contributed by atoms with E-state index in [2.05, 4.69) is 10.2 Å². The van der Waals surface area contributed by atoms with Crippen molar-refractivity contribution in [2.24, 2.45) is 11.1 Å². The molecule has 0 spiro atoms. The van der Waals surface area contributed by atoms with Crippen molar-refractivity contribution in [1.29, 1.82) is 0 Å². The SMILES string of the molecule is CCOC1CC(N)(C(=O)NC2CCN(C3CC3)C2)C1(C)C.Cl.Cl. The normalized spacial score (nSPS) is 35.7. The molecule has 1 aliphatic heterocycles. The fraction of sp³-hybridized carbons (Fsp3) is 0.938. The molecule has 7 heteroatoms. The van der Waals surface area contributed by atoms with Gasteiger partial charge in [0.15, 0.2) is 0 Å². The Morgan fingerprint density at radius 2 is 1.96 bits per heavy atom. The molecule has 2 aliphatic carbocycles. The summed E-state index contributed by atoms with van der Waals surface area (Å²) in [5, 5.41) is 3.19. The highest BCUT2D eigenvalue weighted by Crippen LogP contribution is 2.50. The molecule has 136 valence electrons. The summed E-state index contributed by atoms with van der Waals surface area (Å²) < 4.78 is 5.70. The first kappa shape index (κ1) is 21.0. The Labute approximate surface area is 151 Å². The van der Waals surface area contributed by atoms with Gasteiger partial charge in [0.25, 0.3) is 0 Å². The summed E-state index contributed by atoms with van der Waals surface area (Å²) in [5.74, 6) is 0.00565. The predicted octanol–water partition coefficient (Wildman–Crippen LogP) is 1.72. The van der Waals surface area contributed by atoms with Gasteiger partial charge in [-0.15, -0.1) is 24.8 Å². The van der Waals surface area contributed by atoms with Gasteiger partial charge in [-0.2, -0.15) is 0 Å². The molecule has 23 heavy (non-hydrogen) atoms. The first-order valence-corrected chi connectivity index (χ1v) is 8.34. The number of carbonyl (C=O) groups excluding carboxylic acids is 1. The van der Waals surface area contributed by atoms with Crippen LogP contribution in [0.15, 0.2) is 0 Å². The van der Waals surface area contributed by atoms with Crippen molar-refractivity contribution in [2.75, 3.05) is 19.7 Å². The van der Waals surface area contributed by atoms with Crippen molar-refractivity contribution >= 4 is 30.7 Å². The van der Waals surface area contributed by atoms with Crippen LogP contribution in [0.4, 0.5) is 0 Å². The Hall–Kier alpha value is -0.0700. The maximum Gasteiger partial charge on any atom is 0.241 e. The summed E-state index contributed by atoms with van der Waals surface area (Å²) in [6.07, 6.45) is 4.41. The highest BCUT2D eigenvalue weighted by Gasteiger charge is 2.63. The summed E-state index contributed by atoms with van der Waals surface area (Å²) in [6, 6.07) is 1.04. The minimum absolute atomic E-state index is 0. The molecule has 3 N–H and O–H groups in total. The van der Waals surface area contributed by atoms with E-state index in [0.29, 0.717) is 13.0 Å². The van der Waals surface area contributed by atoms with Crippen LogP contribution in [0.3, 0.4) is 0 Å². The Kier molecular flexibility index (Phi) is 6.79. The van der Waals surface area contributed by atoms with Crippen LogP contribution in [-0.2, 0) is 9.53 Å². The predicted molar refractivity (Wildman–Crippen MR) is 96.4 cm³/mol. The van der Waals surface area contributed by atoms with E-state index in [-0.39, 0.29) is 48.3 Å². The van der Waals surface area contributed by atoms with Crippen LogP contribution >= 0.6 is 24.8 Å². The summed E-state index contributed by atoms with van der Waals surface area (Å²) in [4.78, 5) is 15.2. The molecule has 5 nitrogen and oxygen atoms in total. The monoisotopic (exact) mass is 367 g/mol. The van der Waals surface area contributed by atoms with Crippen molar-refractivity contribution in [3.8, 4) is 0 Å². The number of amides is 1. The number of ether oxygens (including phenoxy) is 1. The van der Waals surface area contributed by atoms with Gasteiger partial charge in [-0.1, -0.05) is 13.8 Å². The summed E-state index contributed by atoms with van der Waals surface area (Å²) in [7, 11) is 0. The summed E-state index contributed by atoms with van der Waals surface area (Å²) in [5.41, 5.74) is 5.33. The summed E-state index contributed by atoms with van der Waals surface area (Å²) in [6.45, 7) is 8.84. The Balaban J connectivity index is 0.00000132. The van der Waals surface area contributed by atoms with E-state index in [0.717, 1.165) is 25.6 Å². The van der Waals surface area contributed by atoms with E-state index in [1.54, 1.807) is 0 Å². The zero-order chi connectivity index (χ0) is 15.3. The third-order valence-electron chi connectivity index (χ3n) is 5.85. The lowest BCUT2D eigenvalue weighted by Gasteiger charge is -2.57. The number of nitrogens with one attached hydrogen (secondary N) is 1. The number of hydrogen-bond donors (Lipinski definition) is 2. The lowest BCUT2D eigenvalue weighted by atomic mass is 9.54. The van der Waals surface area contributed by atoms with Crippen LogP contribution in [0.25, 0.3) is 0 Å². The third-order valence-corrected chi connectivity index (χ3v) is 5.85. The number of hydrogen-bond acceptors (Lipinski definition) is 4. The average molecular weight is 368 g/mol. The van der Waals surface area contributed by atoms with E-state index in [1.165, 1.54) is 12.8 Å². The lowest BCUT2D eigenvalue weighted by Crippen LogP contribution is -2.76. The number of likely N-dealkylation sites (tertiary alicyclic amines) is 1. The second-order valence-electron chi connectivity index (χ2n) is 7.53. The van der Waals surface area contributed by atoms with Gasteiger partial charge in [0.2, 0.25) is 5.91 Å². The first-order valence-electron chi connectivity index (χ1n) is 8.34. The highest BCUT2D eigenvalue weighted by atomic mass is 35.5. The zero-order valence-corrected chi connectivity index (χ0v) is 16.0. The van der Waals surface area contributed by atoms with Gasteiger partial charge in [0.05, 0.1) is 6.10 Å². The molecule has 1 amide bonds. The number of carbonyl (C=O) groups is 1. The zero-order valence-electron chi connectivity index (χ0n) is 14.3. The smallest absolute Gasteiger partial charge is 0.241 e. The number of nitrogens with zero attached hydrogens (tertiary/aromatic N) is 1. The molecule has 3 unspecified atom stereocenters. The van der Waals surface area contributed by atoms with E-state index in [9.17, 15) is 4.79 Å². The van der Waals surface area contributed by atoms with Gasteiger partial charge in [-0.3, -0.25) is 9.69 Å². The van der Waals surface area contributed by atoms with Crippen molar-refractivity contribution in [3.63, 3.8) is 0 Å². The first-order chi connectivity index (χ1) is 9.88. The molecule has 3 fully saturated rings. The van der Waals surface area contributed by atoms with E-state index >= 15 is 0 Å². The second kappa shape index (κ2) is 7.44. The molecule has 0 aromatic rings. The molecular formula is C16H31Cl2N3O2. The number of halogens is 2. The third kappa shape index (κ3) is 3.64. The molecule has 3 aliphatic rings. The molecule has 1 saturated heterocycles. The van der Waals surface area contributed by atoms with E-state index in [4.69, 9.17) is 10.5 Å². The molecule has 0 aromatic heterocycles. The van der Waals surface area contributed by atoms with Crippen LogP contribution in [0.1, 0.15) is 46.5 Å². The van der Waals surface area contributed by atoms with Gasteiger partial charge >= 0.3 is 0 Å². The molecule has 3 rings (SSSR count). The molecule has 0 radical (unpaired) electrons. The van der Waals surface area contributed by atoms with Crippen molar-refractivity contribution in [3.05, 3.63) is 0 Å². The minimum atomic E-state index is -0.792. The summed E-state index contributed by atoms with van der Waals surface area (Å²) >= 11 is 0. The minimum Gasteiger partial charge on any atom is -0.378 e. The van der Waals surface area contributed by atoms with Crippen LogP contribution in [-0.4, -0.2) is 54.2 Å². The van der Waals surface area contributed by atoms with Gasteiger partial charge in [0, 0.05) is 43.6 Å². The standard InChI is InChI=1S/C16H29N3O2.2ClH/c1-4-21-13-9-16(17,15(13,2)3)14(20)18-11-7-8-19(10-11)12-5-6-12;;/h11-13H,4-10,17H2,1-3H3,(H,18,20);2*1H. The van der Waals surface area contributed by atoms with Gasteiger partial charge < -0.3 is 15.8 Å². The van der Waals surface area contributed by atoms with Crippen LogP contribution in [0.5, 0.6) is 0 Å². The quantitative estimate of drug-likeness (QED) is 0.776. The largest absolute Gasteiger partial charge is 0.378 e. The molecular weight excluding hydrogens is 337 g/mol. The van der Waals surface area contributed by atoms with Gasteiger partial charge in [-0.25, -0.2) is 0 Å². The average Bonchev–Trinajstić information content (AvgIpc) is 3.19. The Morgan fingerprint density at radius 3 is 2.48 bits per heavy atom.